The molecule has 8 heteroatoms. The highest BCUT2D eigenvalue weighted by molar-refractivity contribution is 5.95. The molecule has 1 saturated heterocycles. The lowest BCUT2D eigenvalue weighted by Crippen LogP contribution is -2.51. The van der Waals surface area contributed by atoms with Crippen molar-refractivity contribution in [3.63, 3.8) is 0 Å². The largest absolute Gasteiger partial charge is 0.479 e. The van der Waals surface area contributed by atoms with Crippen LogP contribution in [0.1, 0.15) is 17.3 Å². The first kappa shape index (κ1) is 15.8. The van der Waals surface area contributed by atoms with Gasteiger partial charge in [-0.05, 0) is 31.2 Å². The van der Waals surface area contributed by atoms with Gasteiger partial charge in [0.2, 0.25) is 0 Å². The highest BCUT2D eigenvalue weighted by Crippen LogP contribution is 2.16. The third kappa shape index (κ3) is 3.73. The minimum absolute atomic E-state index is 0.000204. The number of benzene rings is 1. The van der Waals surface area contributed by atoms with Gasteiger partial charge in [0.05, 0.1) is 12.6 Å². The highest BCUT2D eigenvalue weighted by atomic mass is 16.5. The third-order valence-corrected chi connectivity index (χ3v) is 3.22. The van der Waals surface area contributed by atoms with E-state index in [9.17, 15) is 14.4 Å². The summed E-state index contributed by atoms with van der Waals surface area (Å²) in [5.74, 6) is -1.38. The Balaban J connectivity index is 2.09. The second-order valence-corrected chi connectivity index (χ2v) is 5.05. The number of carbonyl (C=O) groups excluding carboxylic acids is 2. The minimum atomic E-state index is -1.09. The number of primary amides is 1. The van der Waals surface area contributed by atoms with Gasteiger partial charge in [0.15, 0.2) is 6.10 Å². The Morgan fingerprint density at radius 2 is 1.91 bits per heavy atom. The molecule has 1 unspecified atom stereocenters. The van der Waals surface area contributed by atoms with E-state index in [2.05, 4.69) is 5.32 Å². The fraction of sp³-hybridized carbons (Fsp3) is 0.357. The van der Waals surface area contributed by atoms with E-state index in [0.29, 0.717) is 17.8 Å². The number of nitrogens with two attached hydrogens (primary N) is 1. The third-order valence-electron chi connectivity index (χ3n) is 3.22. The monoisotopic (exact) mass is 307 g/mol. The molecule has 0 saturated carbocycles. The van der Waals surface area contributed by atoms with Gasteiger partial charge in [-0.25, -0.2) is 9.59 Å². The van der Waals surface area contributed by atoms with Crippen LogP contribution in [-0.2, 0) is 9.53 Å². The normalized spacial score (nSPS) is 21.2. The first-order chi connectivity index (χ1) is 10.4. The van der Waals surface area contributed by atoms with E-state index >= 15 is 0 Å². The zero-order chi connectivity index (χ0) is 16.3. The molecule has 2 atom stereocenters. The van der Waals surface area contributed by atoms with Crippen LogP contribution in [-0.4, -0.2) is 53.2 Å². The molecule has 118 valence electrons. The lowest BCUT2D eigenvalue weighted by atomic mass is 10.1. The molecule has 0 radical (unpaired) electrons. The maximum Gasteiger partial charge on any atom is 0.334 e. The molecule has 3 amide bonds. The van der Waals surface area contributed by atoms with E-state index in [1.165, 1.54) is 4.90 Å². The lowest BCUT2D eigenvalue weighted by molar-refractivity contribution is -0.160. The molecule has 0 bridgehead atoms. The van der Waals surface area contributed by atoms with Gasteiger partial charge in [-0.1, -0.05) is 0 Å². The van der Waals surface area contributed by atoms with E-state index < -0.39 is 18.1 Å². The Morgan fingerprint density at radius 3 is 2.45 bits per heavy atom. The first-order valence-corrected chi connectivity index (χ1v) is 6.71. The summed E-state index contributed by atoms with van der Waals surface area (Å²) in [7, 11) is 0. The quantitative estimate of drug-likeness (QED) is 0.750. The van der Waals surface area contributed by atoms with Gasteiger partial charge in [-0.2, -0.15) is 0 Å². The topological polar surface area (TPSA) is 122 Å². The van der Waals surface area contributed by atoms with Crippen molar-refractivity contribution in [2.75, 3.05) is 18.4 Å². The van der Waals surface area contributed by atoms with Crippen molar-refractivity contribution in [2.24, 2.45) is 5.73 Å². The van der Waals surface area contributed by atoms with Gasteiger partial charge in [-0.15, -0.1) is 0 Å². The Morgan fingerprint density at radius 1 is 1.27 bits per heavy atom. The number of anilines is 1. The van der Waals surface area contributed by atoms with Crippen LogP contribution >= 0.6 is 0 Å². The van der Waals surface area contributed by atoms with Gasteiger partial charge >= 0.3 is 12.0 Å². The Hall–Kier alpha value is -2.61. The Bertz CT molecular complexity index is 587. The SMILES string of the molecule is C[C@@H]1CN(C(=O)c2ccc(NC(N)=O)cc2)CC(C(=O)O)O1. The summed E-state index contributed by atoms with van der Waals surface area (Å²) in [6.45, 7) is 2.04. The van der Waals surface area contributed by atoms with E-state index in [1.54, 1.807) is 31.2 Å². The smallest absolute Gasteiger partial charge is 0.334 e. The van der Waals surface area contributed by atoms with E-state index in [0.717, 1.165) is 0 Å². The summed E-state index contributed by atoms with van der Waals surface area (Å²) >= 11 is 0. The molecule has 22 heavy (non-hydrogen) atoms. The highest BCUT2D eigenvalue weighted by Gasteiger charge is 2.32. The van der Waals surface area contributed by atoms with Crippen molar-refractivity contribution in [2.45, 2.75) is 19.1 Å². The number of rotatable bonds is 3. The summed E-state index contributed by atoms with van der Waals surface area (Å²) < 4.78 is 5.27. The molecule has 1 fully saturated rings. The Kier molecular flexibility index (Phi) is 4.62. The van der Waals surface area contributed by atoms with Crippen molar-refractivity contribution in [1.29, 1.82) is 0 Å². The number of nitrogens with zero attached hydrogens (tertiary/aromatic N) is 1. The van der Waals surface area contributed by atoms with Crippen molar-refractivity contribution in [3.05, 3.63) is 29.8 Å². The average molecular weight is 307 g/mol. The minimum Gasteiger partial charge on any atom is -0.479 e. The second-order valence-electron chi connectivity index (χ2n) is 5.05. The summed E-state index contributed by atoms with van der Waals surface area (Å²) in [6, 6.07) is 5.51. The molecule has 0 aliphatic carbocycles. The molecule has 1 aromatic rings. The van der Waals surface area contributed by atoms with E-state index in [1.807, 2.05) is 0 Å². The maximum absolute atomic E-state index is 12.4. The average Bonchev–Trinajstić information content (AvgIpc) is 2.46. The number of carboxylic acids is 1. The van der Waals surface area contributed by atoms with Crippen molar-refractivity contribution < 1.29 is 24.2 Å². The molecule has 1 aliphatic heterocycles. The number of urea groups is 1. The van der Waals surface area contributed by atoms with Gasteiger partial charge in [-0.3, -0.25) is 4.79 Å². The predicted molar refractivity (Wildman–Crippen MR) is 77.5 cm³/mol. The van der Waals surface area contributed by atoms with Crippen LogP contribution in [0.4, 0.5) is 10.5 Å². The van der Waals surface area contributed by atoms with Gasteiger partial charge in [0, 0.05) is 17.8 Å². The van der Waals surface area contributed by atoms with Crippen LogP contribution in [0.25, 0.3) is 0 Å². The van der Waals surface area contributed by atoms with Gasteiger partial charge < -0.3 is 25.8 Å². The zero-order valence-electron chi connectivity index (χ0n) is 12.0. The number of amides is 3. The van der Waals surface area contributed by atoms with Crippen LogP contribution in [0.15, 0.2) is 24.3 Å². The fourth-order valence-electron chi connectivity index (χ4n) is 2.27. The van der Waals surface area contributed by atoms with E-state index in [-0.39, 0.29) is 18.6 Å². The molecule has 1 aliphatic rings. The molecule has 1 heterocycles. The number of carboxylic acid groups (broad SMARTS) is 1. The summed E-state index contributed by atoms with van der Waals surface area (Å²) in [6.07, 6.45) is -1.38. The molecular weight excluding hydrogens is 290 g/mol. The summed E-state index contributed by atoms with van der Waals surface area (Å²) in [5, 5.41) is 11.4. The predicted octanol–water partition coefficient (Wildman–Crippen LogP) is 0.491. The number of carbonyl (C=O) groups is 3. The maximum atomic E-state index is 12.4. The lowest BCUT2D eigenvalue weighted by Gasteiger charge is -2.35. The van der Waals surface area contributed by atoms with Crippen LogP contribution in [0.3, 0.4) is 0 Å². The second kappa shape index (κ2) is 6.44. The molecular formula is C14H17N3O5. The van der Waals surface area contributed by atoms with Crippen LogP contribution in [0.5, 0.6) is 0 Å². The zero-order valence-corrected chi connectivity index (χ0v) is 12.0. The van der Waals surface area contributed by atoms with Crippen LogP contribution < -0.4 is 11.1 Å². The molecule has 8 nitrogen and oxygen atoms in total. The number of ether oxygens (including phenoxy) is 1. The first-order valence-electron chi connectivity index (χ1n) is 6.71. The number of hydrogen-bond donors (Lipinski definition) is 3. The molecule has 0 aromatic heterocycles. The van der Waals surface area contributed by atoms with Crippen molar-refractivity contribution in [3.8, 4) is 0 Å². The van der Waals surface area contributed by atoms with Crippen molar-refractivity contribution >= 4 is 23.6 Å². The van der Waals surface area contributed by atoms with Gasteiger partial charge in [0.25, 0.3) is 5.91 Å². The van der Waals surface area contributed by atoms with Crippen LogP contribution in [0.2, 0.25) is 0 Å². The number of hydrogen-bond acceptors (Lipinski definition) is 4. The summed E-state index contributed by atoms with van der Waals surface area (Å²) in [4.78, 5) is 35.6. The number of morpholine rings is 1. The molecule has 2 rings (SSSR count). The summed E-state index contributed by atoms with van der Waals surface area (Å²) in [5.41, 5.74) is 5.87. The van der Waals surface area contributed by atoms with Crippen LogP contribution in [0, 0.1) is 0 Å². The molecule has 1 aromatic carbocycles. The standard InChI is InChI=1S/C14H17N3O5/c1-8-6-17(7-11(22-8)13(19)20)12(18)9-2-4-10(5-3-9)16-14(15)21/h2-5,8,11H,6-7H2,1H3,(H,19,20)(H3,15,16,21)/t8-,11?/m1/s1. The molecule has 0 spiro atoms. The van der Waals surface area contributed by atoms with Crippen molar-refractivity contribution in [1.82, 2.24) is 4.90 Å². The number of nitrogens with one attached hydrogen (secondary N) is 1. The molecule has 4 N–H and O–H groups in total. The van der Waals surface area contributed by atoms with E-state index in [4.69, 9.17) is 15.6 Å². The Labute approximate surface area is 126 Å². The fourth-order valence-corrected chi connectivity index (χ4v) is 2.27. The van der Waals surface area contributed by atoms with Gasteiger partial charge in [0.1, 0.15) is 0 Å². The number of aliphatic carboxylic acids is 1.